The molecule has 2 bridgehead atoms. The van der Waals surface area contributed by atoms with Crippen molar-refractivity contribution in [3.63, 3.8) is 0 Å². The Kier molecular flexibility index (Phi) is 3.49. The Hall–Kier alpha value is -1.56. The molecule has 0 spiro atoms. The lowest BCUT2D eigenvalue weighted by Crippen LogP contribution is -2.50. The van der Waals surface area contributed by atoms with Crippen molar-refractivity contribution in [3.05, 3.63) is 34.4 Å². The fourth-order valence-electron chi connectivity index (χ4n) is 5.94. The van der Waals surface area contributed by atoms with Crippen molar-refractivity contribution in [1.29, 1.82) is 0 Å². The molecule has 4 fully saturated rings. The second-order valence-corrected chi connectivity index (χ2v) is 8.28. The van der Waals surface area contributed by atoms with Crippen LogP contribution in [0.1, 0.15) is 41.0 Å². The molecule has 138 valence electrons. The lowest BCUT2D eigenvalue weighted by molar-refractivity contribution is -0.194. The zero-order chi connectivity index (χ0) is 18.2. The number of ketones is 2. The van der Waals surface area contributed by atoms with E-state index in [9.17, 15) is 9.59 Å². The molecule has 0 radical (unpaired) electrons. The fraction of sp³-hybridized carbons (Fsp3) is 0.619. The first-order valence-electron chi connectivity index (χ1n) is 9.50. The Balaban J connectivity index is 1.59. The molecular weight excluding hydrogens is 332 g/mol. The molecule has 3 heterocycles. The van der Waals surface area contributed by atoms with Gasteiger partial charge in [-0.1, -0.05) is 17.7 Å². The Morgan fingerprint density at radius 1 is 1.00 bits per heavy atom. The summed E-state index contributed by atoms with van der Waals surface area (Å²) in [7, 11) is 0. The summed E-state index contributed by atoms with van der Waals surface area (Å²) in [6.45, 7) is 7.05. The average molecular weight is 356 g/mol. The Morgan fingerprint density at radius 2 is 1.65 bits per heavy atom. The van der Waals surface area contributed by atoms with Crippen LogP contribution < -0.4 is 0 Å². The largest absolute Gasteiger partial charge is 0.365 e. The molecular formula is C21H24O5. The predicted octanol–water partition coefficient (Wildman–Crippen LogP) is 2.38. The molecule has 26 heavy (non-hydrogen) atoms. The number of ether oxygens (including phenoxy) is 3. The van der Waals surface area contributed by atoms with Crippen molar-refractivity contribution < 1.29 is 23.8 Å². The number of fused-ring (bicyclic) bond motifs is 5. The third-order valence-electron chi connectivity index (χ3n) is 6.73. The van der Waals surface area contributed by atoms with Crippen LogP contribution in [-0.4, -0.2) is 42.8 Å². The van der Waals surface area contributed by atoms with Crippen LogP contribution in [0, 0.1) is 32.6 Å². The summed E-state index contributed by atoms with van der Waals surface area (Å²) >= 11 is 0. The van der Waals surface area contributed by atoms with E-state index in [0.717, 1.165) is 35.1 Å². The van der Waals surface area contributed by atoms with Gasteiger partial charge in [0.15, 0.2) is 17.9 Å². The maximum absolute atomic E-state index is 13.5. The Labute approximate surface area is 153 Å². The van der Waals surface area contributed by atoms with Crippen LogP contribution >= 0.6 is 0 Å². The molecule has 5 rings (SSSR count). The summed E-state index contributed by atoms with van der Waals surface area (Å²) in [6, 6.07) is 4.11. The molecule has 4 aliphatic rings. The van der Waals surface area contributed by atoms with Crippen LogP contribution in [0.3, 0.4) is 0 Å². The highest BCUT2D eigenvalue weighted by Crippen LogP contribution is 2.60. The van der Waals surface area contributed by atoms with Gasteiger partial charge in [0, 0.05) is 0 Å². The molecule has 1 aromatic rings. The van der Waals surface area contributed by atoms with Crippen LogP contribution in [0.2, 0.25) is 0 Å². The van der Waals surface area contributed by atoms with Crippen molar-refractivity contribution in [3.8, 4) is 0 Å². The quantitative estimate of drug-likeness (QED) is 0.762. The number of aryl methyl sites for hydroxylation is 3. The molecule has 5 nitrogen and oxygen atoms in total. The van der Waals surface area contributed by atoms with Gasteiger partial charge in [-0.05, 0) is 50.3 Å². The molecule has 1 aliphatic carbocycles. The van der Waals surface area contributed by atoms with Gasteiger partial charge in [0.2, 0.25) is 0 Å². The lowest BCUT2D eigenvalue weighted by Gasteiger charge is -2.35. The normalized spacial score (nSPS) is 39.2. The van der Waals surface area contributed by atoms with E-state index in [1.165, 1.54) is 0 Å². The van der Waals surface area contributed by atoms with Crippen molar-refractivity contribution in [2.45, 2.75) is 57.5 Å². The predicted molar refractivity (Wildman–Crippen MR) is 92.9 cm³/mol. The molecule has 5 heteroatoms. The zero-order valence-electron chi connectivity index (χ0n) is 15.4. The van der Waals surface area contributed by atoms with E-state index in [-0.39, 0.29) is 23.6 Å². The second-order valence-electron chi connectivity index (χ2n) is 8.28. The lowest BCUT2D eigenvalue weighted by atomic mass is 9.72. The van der Waals surface area contributed by atoms with Crippen LogP contribution in [0.5, 0.6) is 0 Å². The van der Waals surface area contributed by atoms with Gasteiger partial charge in [-0.3, -0.25) is 9.59 Å². The van der Waals surface area contributed by atoms with Crippen molar-refractivity contribution in [1.82, 2.24) is 0 Å². The highest BCUT2D eigenvalue weighted by molar-refractivity contribution is 6.17. The van der Waals surface area contributed by atoms with Gasteiger partial charge in [-0.25, -0.2) is 0 Å². The minimum Gasteiger partial charge on any atom is -0.365 e. The van der Waals surface area contributed by atoms with E-state index >= 15 is 0 Å². The monoisotopic (exact) mass is 356 g/mol. The van der Waals surface area contributed by atoms with Gasteiger partial charge in [-0.15, -0.1) is 0 Å². The smallest absolute Gasteiger partial charge is 0.187 e. The molecule has 5 atom stereocenters. The van der Waals surface area contributed by atoms with Crippen LogP contribution in [0.15, 0.2) is 12.1 Å². The van der Waals surface area contributed by atoms with Gasteiger partial charge in [0.25, 0.3) is 0 Å². The molecule has 3 aliphatic heterocycles. The van der Waals surface area contributed by atoms with Crippen LogP contribution in [-0.2, 0) is 23.8 Å². The van der Waals surface area contributed by atoms with Gasteiger partial charge in [0.05, 0.1) is 31.2 Å². The van der Waals surface area contributed by atoms with Gasteiger partial charge in [0.1, 0.15) is 11.5 Å². The minimum absolute atomic E-state index is 0.00338. The van der Waals surface area contributed by atoms with Crippen molar-refractivity contribution in [2.24, 2.45) is 11.8 Å². The summed E-state index contributed by atoms with van der Waals surface area (Å²) in [5.74, 6) is -1.44. The van der Waals surface area contributed by atoms with E-state index in [2.05, 4.69) is 12.1 Å². The third-order valence-corrected chi connectivity index (χ3v) is 6.73. The first-order valence-corrected chi connectivity index (χ1v) is 9.50. The highest BCUT2D eigenvalue weighted by Gasteiger charge is 2.73. The van der Waals surface area contributed by atoms with E-state index < -0.39 is 23.7 Å². The minimum atomic E-state index is -0.778. The maximum atomic E-state index is 13.5. The van der Waals surface area contributed by atoms with Crippen molar-refractivity contribution >= 4 is 11.6 Å². The molecule has 1 unspecified atom stereocenters. The van der Waals surface area contributed by atoms with Gasteiger partial charge in [-0.2, -0.15) is 0 Å². The number of hydrogen-bond donors (Lipinski definition) is 0. The molecule has 1 saturated carbocycles. The molecule has 3 saturated heterocycles. The molecule has 0 aromatic heterocycles. The van der Waals surface area contributed by atoms with Gasteiger partial charge < -0.3 is 14.2 Å². The van der Waals surface area contributed by atoms with E-state index in [0.29, 0.717) is 13.2 Å². The molecule has 1 aromatic carbocycles. The zero-order valence-corrected chi connectivity index (χ0v) is 15.4. The van der Waals surface area contributed by atoms with Crippen LogP contribution in [0.4, 0.5) is 0 Å². The van der Waals surface area contributed by atoms with E-state index in [1.807, 2.05) is 20.8 Å². The van der Waals surface area contributed by atoms with Crippen molar-refractivity contribution in [2.75, 3.05) is 13.2 Å². The van der Waals surface area contributed by atoms with Gasteiger partial charge >= 0.3 is 0 Å². The Morgan fingerprint density at radius 3 is 2.31 bits per heavy atom. The van der Waals surface area contributed by atoms with E-state index in [4.69, 9.17) is 14.2 Å². The summed E-state index contributed by atoms with van der Waals surface area (Å²) in [4.78, 5) is 26.9. The maximum Gasteiger partial charge on any atom is 0.187 e. The van der Waals surface area contributed by atoms with E-state index in [1.54, 1.807) is 0 Å². The first kappa shape index (κ1) is 16.6. The standard InChI is InChI=1S/C21H24O5/c1-10-8-11(2)14(12(3)9-10)16-18(22)15-13-4-5-21(26-13,17(15)19(16)23)20-24-6-7-25-20/h8-9,13,15-17,20H,4-7H2,1-3H3/t13-,15-,16?,17+,21+/m0/s1. The number of carbonyl (C=O) groups excluding carboxylic acids is 2. The highest BCUT2D eigenvalue weighted by atomic mass is 16.7. The second kappa shape index (κ2) is 5.47. The summed E-state index contributed by atoms with van der Waals surface area (Å²) in [5, 5.41) is 0. The van der Waals surface area contributed by atoms with Crippen LogP contribution in [0.25, 0.3) is 0 Å². The Bertz CT molecular complexity index is 786. The molecule has 0 N–H and O–H groups in total. The summed E-state index contributed by atoms with van der Waals surface area (Å²) < 4.78 is 17.7. The number of hydrogen-bond acceptors (Lipinski definition) is 5. The average Bonchev–Trinajstić information content (AvgIpc) is 3.33. The topological polar surface area (TPSA) is 61.8 Å². The fourth-order valence-corrected chi connectivity index (χ4v) is 5.94. The third kappa shape index (κ3) is 1.97. The number of carbonyl (C=O) groups is 2. The number of rotatable bonds is 2. The summed E-state index contributed by atoms with van der Waals surface area (Å²) in [5.41, 5.74) is 3.30. The molecule has 0 amide bonds. The first-order chi connectivity index (χ1) is 12.4. The SMILES string of the molecule is Cc1cc(C)c(C2C(=O)[C@H]3[C@@H]4CC[C@@](C5OCCO5)(O4)[C@H]3C2=O)c(C)c1. The summed E-state index contributed by atoms with van der Waals surface area (Å²) in [6.07, 6.45) is 0.807. The number of benzene rings is 1. The number of Topliss-reactive ketones (excluding diaryl/α,β-unsaturated/α-hetero) is 2.